The quantitative estimate of drug-likeness (QED) is 0.909. The summed E-state index contributed by atoms with van der Waals surface area (Å²) >= 11 is 3.29. The van der Waals surface area contributed by atoms with Crippen molar-refractivity contribution in [2.75, 3.05) is 7.11 Å². The molecule has 0 aliphatic carbocycles. The van der Waals surface area contributed by atoms with Crippen molar-refractivity contribution in [1.29, 1.82) is 0 Å². The Morgan fingerprint density at radius 2 is 2.06 bits per heavy atom. The van der Waals surface area contributed by atoms with Gasteiger partial charge in [-0.1, -0.05) is 18.2 Å². The van der Waals surface area contributed by atoms with Crippen molar-refractivity contribution >= 4 is 15.9 Å². The van der Waals surface area contributed by atoms with E-state index in [4.69, 9.17) is 9.15 Å². The van der Waals surface area contributed by atoms with Gasteiger partial charge >= 0.3 is 0 Å². The molecule has 2 rings (SSSR count). The van der Waals surface area contributed by atoms with E-state index in [1.54, 1.807) is 7.11 Å². The molecule has 3 nitrogen and oxygen atoms in total. The lowest BCUT2D eigenvalue weighted by molar-refractivity contribution is 0.396. The van der Waals surface area contributed by atoms with Crippen molar-refractivity contribution in [2.45, 2.75) is 19.5 Å². The van der Waals surface area contributed by atoms with Crippen LogP contribution in [0.2, 0.25) is 0 Å². The second-order valence-electron chi connectivity index (χ2n) is 4.05. The molecule has 0 saturated carbocycles. The third-order valence-corrected chi connectivity index (χ3v) is 3.24. The van der Waals surface area contributed by atoms with Crippen molar-refractivity contribution in [3.63, 3.8) is 0 Å². The monoisotopic (exact) mass is 309 g/mol. The van der Waals surface area contributed by atoms with Gasteiger partial charge in [0.1, 0.15) is 11.5 Å². The average molecular weight is 310 g/mol. The molecule has 1 heterocycles. The zero-order chi connectivity index (χ0) is 13.0. The fourth-order valence-corrected chi connectivity index (χ4v) is 2.17. The molecule has 1 N–H and O–H groups in total. The van der Waals surface area contributed by atoms with Gasteiger partial charge in [-0.05, 0) is 41.1 Å². The van der Waals surface area contributed by atoms with Crippen LogP contribution in [0.5, 0.6) is 5.75 Å². The van der Waals surface area contributed by atoms with Crippen LogP contribution in [0.25, 0.3) is 0 Å². The van der Waals surface area contributed by atoms with Crippen molar-refractivity contribution in [2.24, 2.45) is 0 Å². The lowest BCUT2D eigenvalue weighted by atomic mass is 10.1. The molecular weight excluding hydrogens is 294 g/mol. The molecule has 2 aromatic rings. The fourth-order valence-electron chi connectivity index (χ4n) is 1.83. The van der Waals surface area contributed by atoms with Gasteiger partial charge in [-0.2, -0.15) is 0 Å². The molecule has 1 aromatic heterocycles. The number of para-hydroxylation sites is 1. The van der Waals surface area contributed by atoms with Gasteiger partial charge in [0.2, 0.25) is 0 Å². The minimum absolute atomic E-state index is 0.199. The number of hydrogen-bond donors (Lipinski definition) is 1. The van der Waals surface area contributed by atoms with E-state index in [2.05, 4.69) is 34.2 Å². The van der Waals surface area contributed by atoms with E-state index < -0.39 is 0 Å². The molecular formula is C14H16BrNO2. The Balaban J connectivity index is 2.01. The highest BCUT2D eigenvalue weighted by molar-refractivity contribution is 9.10. The Morgan fingerprint density at radius 1 is 1.28 bits per heavy atom. The van der Waals surface area contributed by atoms with Crippen LogP contribution < -0.4 is 10.1 Å². The normalized spacial score (nSPS) is 12.4. The summed E-state index contributed by atoms with van der Waals surface area (Å²) in [6, 6.07) is 12.1. The first-order valence-electron chi connectivity index (χ1n) is 5.81. The molecule has 96 valence electrons. The number of nitrogens with one attached hydrogen (secondary N) is 1. The largest absolute Gasteiger partial charge is 0.496 e. The van der Waals surface area contributed by atoms with Gasteiger partial charge in [-0.3, -0.25) is 0 Å². The summed E-state index contributed by atoms with van der Waals surface area (Å²) in [5, 5.41) is 3.41. The molecule has 0 aliphatic heterocycles. The predicted molar refractivity (Wildman–Crippen MR) is 74.7 cm³/mol. The number of benzene rings is 1. The van der Waals surface area contributed by atoms with Gasteiger partial charge < -0.3 is 14.5 Å². The van der Waals surface area contributed by atoms with E-state index in [1.165, 1.54) is 0 Å². The Kier molecular flexibility index (Phi) is 4.44. The maximum atomic E-state index is 5.45. The van der Waals surface area contributed by atoms with Crippen LogP contribution in [0.15, 0.2) is 45.5 Å². The topological polar surface area (TPSA) is 34.4 Å². The van der Waals surface area contributed by atoms with Crippen LogP contribution in [-0.4, -0.2) is 7.11 Å². The van der Waals surface area contributed by atoms with Crippen molar-refractivity contribution in [1.82, 2.24) is 5.32 Å². The van der Waals surface area contributed by atoms with Crippen LogP contribution in [0.4, 0.5) is 0 Å². The third kappa shape index (κ3) is 3.15. The maximum Gasteiger partial charge on any atom is 0.169 e. The molecule has 0 amide bonds. The van der Waals surface area contributed by atoms with E-state index in [-0.39, 0.29) is 6.04 Å². The first-order chi connectivity index (χ1) is 8.70. The molecule has 4 heteroatoms. The number of hydrogen-bond acceptors (Lipinski definition) is 3. The summed E-state index contributed by atoms with van der Waals surface area (Å²) in [5.74, 6) is 1.81. The Hall–Kier alpha value is -1.26. The first-order valence-corrected chi connectivity index (χ1v) is 6.60. The van der Waals surface area contributed by atoms with Crippen LogP contribution in [-0.2, 0) is 6.54 Å². The van der Waals surface area contributed by atoms with Crippen LogP contribution in [0.1, 0.15) is 24.3 Å². The lowest BCUT2D eigenvalue weighted by Crippen LogP contribution is -2.18. The van der Waals surface area contributed by atoms with Gasteiger partial charge in [0, 0.05) is 11.6 Å². The number of ether oxygens (including phenoxy) is 1. The van der Waals surface area contributed by atoms with E-state index >= 15 is 0 Å². The SMILES string of the molecule is COc1ccccc1[C@@H](C)NCc1ccc(Br)o1. The van der Waals surface area contributed by atoms with E-state index in [0.29, 0.717) is 6.54 Å². The van der Waals surface area contributed by atoms with Crippen molar-refractivity contribution < 1.29 is 9.15 Å². The number of halogens is 1. The third-order valence-electron chi connectivity index (χ3n) is 2.82. The molecule has 0 aliphatic rings. The fraction of sp³-hybridized carbons (Fsp3) is 0.286. The smallest absolute Gasteiger partial charge is 0.169 e. The Morgan fingerprint density at radius 3 is 2.72 bits per heavy atom. The molecule has 0 spiro atoms. The van der Waals surface area contributed by atoms with Crippen LogP contribution in [0, 0.1) is 0 Å². The molecule has 1 atom stereocenters. The summed E-state index contributed by atoms with van der Waals surface area (Å²) in [5.41, 5.74) is 1.14. The molecule has 0 bridgehead atoms. The summed E-state index contributed by atoms with van der Waals surface area (Å²) in [6.45, 7) is 2.79. The van der Waals surface area contributed by atoms with Gasteiger partial charge in [0.05, 0.1) is 13.7 Å². The molecule has 0 radical (unpaired) electrons. The summed E-state index contributed by atoms with van der Waals surface area (Å²) in [4.78, 5) is 0. The first kappa shape index (κ1) is 13.2. The van der Waals surface area contributed by atoms with Gasteiger partial charge in [-0.15, -0.1) is 0 Å². The van der Waals surface area contributed by atoms with Gasteiger partial charge in [0.25, 0.3) is 0 Å². The van der Waals surface area contributed by atoms with Gasteiger partial charge in [0.15, 0.2) is 4.67 Å². The highest BCUT2D eigenvalue weighted by Gasteiger charge is 2.10. The van der Waals surface area contributed by atoms with E-state index in [1.807, 2.05) is 30.3 Å². The summed E-state index contributed by atoms with van der Waals surface area (Å²) in [6.07, 6.45) is 0. The average Bonchev–Trinajstić information content (AvgIpc) is 2.81. The Bertz CT molecular complexity index is 510. The second kappa shape index (κ2) is 6.07. The number of furan rings is 1. The second-order valence-corrected chi connectivity index (χ2v) is 4.83. The maximum absolute atomic E-state index is 5.45. The van der Waals surface area contributed by atoms with E-state index in [0.717, 1.165) is 21.7 Å². The molecule has 1 aromatic carbocycles. The van der Waals surface area contributed by atoms with E-state index in [9.17, 15) is 0 Å². The molecule has 0 saturated heterocycles. The molecule has 0 unspecified atom stereocenters. The molecule has 0 fully saturated rings. The van der Waals surface area contributed by atoms with Crippen LogP contribution in [0.3, 0.4) is 0 Å². The summed E-state index contributed by atoms with van der Waals surface area (Å²) < 4.78 is 11.6. The van der Waals surface area contributed by atoms with Crippen LogP contribution >= 0.6 is 15.9 Å². The highest BCUT2D eigenvalue weighted by atomic mass is 79.9. The van der Waals surface area contributed by atoms with Crippen molar-refractivity contribution in [3.8, 4) is 5.75 Å². The summed E-state index contributed by atoms with van der Waals surface area (Å²) in [7, 11) is 1.69. The zero-order valence-electron chi connectivity index (χ0n) is 10.4. The number of methoxy groups -OCH3 is 1. The van der Waals surface area contributed by atoms with Gasteiger partial charge in [-0.25, -0.2) is 0 Å². The lowest BCUT2D eigenvalue weighted by Gasteiger charge is -2.16. The van der Waals surface area contributed by atoms with Crippen molar-refractivity contribution in [3.05, 3.63) is 52.4 Å². The number of rotatable bonds is 5. The Labute approximate surface area is 115 Å². The standard InChI is InChI=1S/C14H16BrNO2/c1-10(12-5-3-4-6-13(12)17-2)16-9-11-7-8-14(15)18-11/h3-8,10,16H,9H2,1-2H3/t10-/m1/s1. The predicted octanol–water partition coefficient (Wildman–Crippen LogP) is 3.90. The minimum Gasteiger partial charge on any atom is -0.496 e. The highest BCUT2D eigenvalue weighted by Crippen LogP contribution is 2.24. The zero-order valence-corrected chi connectivity index (χ0v) is 12.0. The molecule has 18 heavy (non-hydrogen) atoms. The minimum atomic E-state index is 0.199.